The van der Waals surface area contributed by atoms with Crippen LogP contribution in [-0.4, -0.2) is 38.0 Å². The SMILES string of the molecule is CCOn1ccc2cc(C(=O)Nc3ccc4c(cnn4-c4ccc(N(C=O)c5ccc6c(ccn6C)c5)cc4)c3)ccc21. The van der Waals surface area contributed by atoms with E-state index in [0.717, 1.165) is 56.2 Å². The first-order valence-electron chi connectivity index (χ1n) is 14.0. The molecule has 9 nitrogen and oxygen atoms in total. The number of rotatable bonds is 8. The van der Waals surface area contributed by atoms with E-state index in [1.165, 1.54) is 0 Å². The summed E-state index contributed by atoms with van der Waals surface area (Å²) in [5.74, 6) is -0.195. The Morgan fingerprint density at radius 3 is 2.40 bits per heavy atom. The Bertz CT molecular complexity index is 2140. The highest BCUT2D eigenvalue weighted by atomic mass is 16.7. The molecule has 3 heterocycles. The molecule has 0 aliphatic carbocycles. The molecule has 0 saturated heterocycles. The summed E-state index contributed by atoms with van der Waals surface area (Å²) < 4.78 is 5.59. The van der Waals surface area contributed by atoms with Crippen molar-refractivity contribution < 1.29 is 14.4 Å². The Morgan fingerprint density at radius 1 is 0.837 bits per heavy atom. The molecule has 0 fully saturated rings. The molecule has 43 heavy (non-hydrogen) atoms. The molecule has 0 spiro atoms. The molecule has 212 valence electrons. The van der Waals surface area contributed by atoms with Crippen LogP contribution in [0.5, 0.6) is 0 Å². The number of anilines is 3. The number of hydrogen-bond donors (Lipinski definition) is 1. The van der Waals surface area contributed by atoms with Crippen LogP contribution in [0.25, 0.3) is 38.4 Å². The summed E-state index contributed by atoms with van der Waals surface area (Å²) >= 11 is 0. The Balaban J connectivity index is 1.10. The second kappa shape index (κ2) is 10.5. The van der Waals surface area contributed by atoms with Crippen LogP contribution in [0.4, 0.5) is 17.1 Å². The van der Waals surface area contributed by atoms with Gasteiger partial charge in [-0.05, 0) is 97.9 Å². The Kier molecular flexibility index (Phi) is 6.39. The van der Waals surface area contributed by atoms with E-state index in [1.807, 2.05) is 121 Å². The molecule has 9 heteroatoms. The number of carbonyl (C=O) groups is 2. The maximum absolute atomic E-state index is 13.0. The molecule has 1 N–H and O–H groups in total. The van der Waals surface area contributed by atoms with Crippen molar-refractivity contribution in [2.75, 3.05) is 16.8 Å². The molecule has 0 bridgehead atoms. The number of hydrogen-bond acceptors (Lipinski definition) is 4. The first-order valence-corrected chi connectivity index (χ1v) is 14.0. The minimum Gasteiger partial charge on any atom is -0.414 e. The standard InChI is InChI=1S/C34H28N6O3/c1-3-43-39-17-15-23-18-25(4-11-32(23)39)34(42)36-27-5-12-33-26(19-27)21-35-40(33)29-8-6-28(7-9-29)38(22-41)30-10-13-31-24(20-30)14-16-37(31)2/h4-22H,3H2,1-2H3,(H,36,42). The van der Waals surface area contributed by atoms with Crippen molar-refractivity contribution in [3.8, 4) is 5.69 Å². The summed E-state index contributed by atoms with van der Waals surface area (Å²) in [4.78, 5) is 32.3. The van der Waals surface area contributed by atoms with Crippen molar-refractivity contribution in [2.45, 2.75) is 6.92 Å². The maximum Gasteiger partial charge on any atom is 0.255 e. The van der Waals surface area contributed by atoms with Gasteiger partial charge in [0.2, 0.25) is 6.41 Å². The average Bonchev–Trinajstić information content (AvgIpc) is 3.74. The van der Waals surface area contributed by atoms with Gasteiger partial charge in [0.15, 0.2) is 0 Å². The van der Waals surface area contributed by atoms with E-state index in [0.29, 0.717) is 17.9 Å². The topological polar surface area (TPSA) is 86.3 Å². The van der Waals surface area contributed by atoms with E-state index in [4.69, 9.17) is 4.84 Å². The highest BCUT2D eigenvalue weighted by Crippen LogP contribution is 2.29. The van der Waals surface area contributed by atoms with Crippen molar-refractivity contribution in [3.63, 3.8) is 0 Å². The van der Waals surface area contributed by atoms with Gasteiger partial charge < -0.3 is 14.7 Å². The van der Waals surface area contributed by atoms with Gasteiger partial charge in [-0.15, -0.1) is 0 Å². The summed E-state index contributed by atoms with van der Waals surface area (Å²) in [5.41, 5.74) is 6.55. The number of benzene rings is 4. The molecule has 2 amide bonds. The molecular formula is C34H28N6O3. The number of amides is 2. The van der Waals surface area contributed by atoms with E-state index < -0.39 is 0 Å². The van der Waals surface area contributed by atoms with Crippen LogP contribution >= 0.6 is 0 Å². The molecule has 0 saturated carbocycles. The van der Waals surface area contributed by atoms with Crippen molar-refractivity contribution in [1.82, 2.24) is 19.1 Å². The summed E-state index contributed by atoms with van der Waals surface area (Å²) in [6.45, 7) is 2.49. The highest BCUT2D eigenvalue weighted by molar-refractivity contribution is 6.07. The Hall–Kier alpha value is -5.83. The number of fused-ring (bicyclic) bond motifs is 3. The van der Waals surface area contributed by atoms with Gasteiger partial charge in [-0.2, -0.15) is 9.83 Å². The number of carbonyl (C=O) groups excluding carboxylic acids is 2. The highest BCUT2D eigenvalue weighted by Gasteiger charge is 2.13. The van der Waals surface area contributed by atoms with Gasteiger partial charge in [-0.25, -0.2) is 4.68 Å². The molecule has 0 atom stereocenters. The molecule has 4 aromatic carbocycles. The van der Waals surface area contributed by atoms with Crippen LogP contribution in [0.15, 0.2) is 110 Å². The van der Waals surface area contributed by atoms with E-state index in [2.05, 4.69) is 10.4 Å². The molecule has 7 rings (SSSR count). The smallest absolute Gasteiger partial charge is 0.255 e. The van der Waals surface area contributed by atoms with Crippen LogP contribution in [0.1, 0.15) is 17.3 Å². The molecule has 0 aliphatic rings. The number of nitrogens with one attached hydrogen (secondary N) is 1. The monoisotopic (exact) mass is 568 g/mol. The van der Waals surface area contributed by atoms with E-state index in [-0.39, 0.29) is 5.91 Å². The fourth-order valence-corrected chi connectivity index (χ4v) is 5.47. The zero-order valence-electron chi connectivity index (χ0n) is 23.6. The van der Waals surface area contributed by atoms with Gasteiger partial charge in [0, 0.05) is 63.7 Å². The van der Waals surface area contributed by atoms with Gasteiger partial charge in [-0.3, -0.25) is 14.5 Å². The van der Waals surface area contributed by atoms with Crippen LogP contribution < -0.4 is 15.1 Å². The fraction of sp³-hybridized carbons (Fsp3) is 0.0882. The molecule has 3 aromatic heterocycles. The molecule has 0 aliphatic heterocycles. The Morgan fingerprint density at radius 2 is 1.58 bits per heavy atom. The predicted molar refractivity (Wildman–Crippen MR) is 169 cm³/mol. The summed E-state index contributed by atoms with van der Waals surface area (Å²) in [5, 5.41) is 10.5. The van der Waals surface area contributed by atoms with Crippen molar-refractivity contribution in [2.24, 2.45) is 7.05 Å². The second-order valence-corrected chi connectivity index (χ2v) is 10.3. The van der Waals surface area contributed by atoms with Crippen LogP contribution in [0.2, 0.25) is 0 Å². The first kappa shape index (κ1) is 26.1. The zero-order valence-corrected chi connectivity index (χ0v) is 23.6. The number of aryl methyl sites for hydroxylation is 1. The largest absolute Gasteiger partial charge is 0.414 e. The summed E-state index contributed by atoms with van der Waals surface area (Å²) in [7, 11) is 2.00. The van der Waals surface area contributed by atoms with Crippen molar-refractivity contribution >= 4 is 62.1 Å². The number of nitrogens with zero attached hydrogens (tertiary/aromatic N) is 5. The lowest BCUT2D eigenvalue weighted by molar-refractivity contribution is -0.106. The van der Waals surface area contributed by atoms with Gasteiger partial charge in [-0.1, -0.05) is 0 Å². The predicted octanol–water partition coefficient (Wildman–Crippen LogP) is 6.47. The van der Waals surface area contributed by atoms with E-state index in [1.54, 1.807) is 21.9 Å². The summed E-state index contributed by atoms with van der Waals surface area (Å²) in [6, 6.07) is 28.8. The Labute approximate surface area is 247 Å². The van der Waals surface area contributed by atoms with E-state index in [9.17, 15) is 9.59 Å². The minimum atomic E-state index is -0.195. The number of aromatic nitrogens is 4. The van der Waals surface area contributed by atoms with Crippen molar-refractivity contribution in [3.05, 3.63) is 115 Å². The molecule has 0 unspecified atom stereocenters. The summed E-state index contributed by atoms with van der Waals surface area (Å²) in [6.07, 6.45) is 6.45. The molecule has 7 aromatic rings. The van der Waals surface area contributed by atoms with Crippen molar-refractivity contribution in [1.29, 1.82) is 0 Å². The third-order valence-corrected chi connectivity index (χ3v) is 7.64. The van der Waals surface area contributed by atoms with Crippen LogP contribution in [-0.2, 0) is 11.8 Å². The zero-order chi connectivity index (χ0) is 29.5. The lowest BCUT2D eigenvalue weighted by atomic mass is 10.1. The van der Waals surface area contributed by atoms with Gasteiger partial charge in [0.25, 0.3) is 5.91 Å². The van der Waals surface area contributed by atoms with Crippen LogP contribution in [0, 0.1) is 0 Å². The normalized spacial score (nSPS) is 11.3. The first-order chi connectivity index (χ1) is 21.0. The van der Waals surface area contributed by atoms with Gasteiger partial charge >= 0.3 is 0 Å². The van der Waals surface area contributed by atoms with Crippen LogP contribution in [0.3, 0.4) is 0 Å². The average molecular weight is 569 g/mol. The second-order valence-electron chi connectivity index (χ2n) is 10.3. The quantitative estimate of drug-likeness (QED) is 0.213. The van der Waals surface area contributed by atoms with Gasteiger partial charge in [0.1, 0.15) is 6.61 Å². The van der Waals surface area contributed by atoms with E-state index >= 15 is 0 Å². The van der Waals surface area contributed by atoms with Gasteiger partial charge in [0.05, 0.1) is 22.9 Å². The maximum atomic E-state index is 13.0. The molecular weight excluding hydrogens is 540 g/mol. The fourth-order valence-electron chi connectivity index (χ4n) is 5.47. The minimum absolute atomic E-state index is 0.195. The molecule has 0 radical (unpaired) electrons. The lowest BCUT2D eigenvalue weighted by Gasteiger charge is -2.18. The third kappa shape index (κ3) is 4.66. The lowest BCUT2D eigenvalue weighted by Crippen LogP contribution is -2.14. The third-order valence-electron chi connectivity index (χ3n) is 7.64.